The van der Waals surface area contributed by atoms with Gasteiger partial charge in [-0.3, -0.25) is 0 Å². The van der Waals surface area contributed by atoms with Crippen LogP contribution >= 0.6 is 11.8 Å². The smallest absolute Gasteiger partial charge is 0.384 e. The fourth-order valence-corrected chi connectivity index (χ4v) is 3.11. The molecular weight excluding hydrogens is 277 g/mol. The Morgan fingerprint density at radius 2 is 2.16 bits per heavy atom. The van der Waals surface area contributed by atoms with Crippen LogP contribution < -0.4 is 11.1 Å². The van der Waals surface area contributed by atoms with Gasteiger partial charge in [0.2, 0.25) is 5.82 Å². The first-order chi connectivity index (χ1) is 8.95. The number of alkyl halides is 3. The number of nitrogens with zero attached hydrogens (tertiary/aromatic N) is 2. The fraction of sp³-hybridized carbons (Fsp3) is 0.636. The van der Waals surface area contributed by atoms with Gasteiger partial charge in [-0.1, -0.05) is 6.42 Å². The number of anilines is 2. The molecular formula is C11H15F3N4S. The third-order valence-corrected chi connectivity index (χ3v) is 4.18. The van der Waals surface area contributed by atoms with E-state index >= 15 is 0 Å². The van der Waals surface area contributed by atoms with E-state index in [-0.39, 0.29) is 11.6 Å². The molecule has 1 atom stereocenters. The molecule has 1 aliphatic rings. The van der Waals surface area contributed by atoms with Gasteiger partial charge in [0, 0.05) is 17.9 Å². The maximum Gasteiger partial charge on any atom is 0.451 e. The van der Waals surface area contributed by atoms with E-state index in [9.17, 15) is 13.2 Å². The van der Waals surface area contributed by atoms with Crippen LogP contribution in [-0.2, 0) is 6.18 Å². The van der Waals surface area contributed by atoms with E-state index in [1.165, 1.54) is 18.9 Å². The average molecular weight is 292 g/mol. The van der Waals surface area contributed by atoms with Crippen molar-refractivity contribution in [1.82, 2.24) is 9.97 Å². The van der Waals surface area contributed by atoms with Gasteiger partial charge < -0.3 is 11.1 Å². The number of rotatable bonds is 3. The Bertz CT molecular complexity index is 432. The summed E-state index contributed by atoms with van der Waals surface area (Å²) in [5.41, 5.74) is 5.37. The number of aromatic nitrogens is 2. The highest BCUT2D eigenvalue weighted by Crippen LogP contribution is 2.28. The van der Waals surface area contributed by atoms with Gasteiger partial charge in [0.15, 0.2) is 0 Å². The molecule has 1 aromatic rings. The topological polar surface area (TPSA) is 63.8 Å². The SMILES string of the molecule is Nc1cc(NCC2CCCCS2)nc(C(F)(F)F)n1. The third kappa shape index (κ3) is 4.15. The molecule has 0 spiro atoms. The van der Waals surface area contributed by atoms with Crippen LogP contribution in [0.15, 0.2) is 6.07 Å². The van der Waals surface area contributed by atoms with Crippen LogP contribution in [0.2, 0.25) is 0 Å². The molecule has 0 saturated carbocycles. The zero-order chi connectivity index (χ0) is 13.9. The summed E-state index contributed by atoms with van der Waals surface area (Å²) in [6.07, 6.45) is -1.13. The first-order valence-corrected chi connectivity index (χ1v) is 7.07. The number of halogens is 3. The van der Waals surface area contributed by atoms with Crippen LogP contribution in [0.1, 0.15) is 25.1 Å². The van der Waals surface area contributed by atoms with E-state index in [1.54, 1.807) is 0 Å². The van der Waals surface area contributed by atoms with Gasteiger partial charge in [0.25, 0.3) is 0 Å². The van der Waals surface area contributed by atoms with Crippen molar-refractivity contribution in [1.29, 1.82) is 0 Å². The van der Waals surface area contributed by atoms with E-state index in [0.717, 1.165) is 12.2 Å². The summed E-state index contributed by atoms with van der Waals surface area (Å²) in [6.45, 7) is 0.596. The summed E-state index contributed by atoms with van der Waals surface area (Å²) in [6, 6.07) is 1.32. The van der Waals surface area contributed by atoms with Crippen LogP contribution in [0.3, 0.4) is 0 Å². The molecule has 0 amide bonds. The van der Waals surface area contributed by atoms with E-state index in [1.807, 2.05) is 11.8 Å². The second-order valence-electron chi connectivity index (χ2n) is 4.37. The van der Waals surface area contributed by atoms with Crippen molar-refractivity contribution in [2.45, 2.75) is 30.7 Å². The van der Waals surface area contributed by atoms with Gasteiger partial charge in [-0.05, 0) is 18.6 Å². The summed E-state index contributed by atoms with van der Waals surface area (Å²) < 4.78 is 37.6. The summed E-state index contributed by atoms with van der Waals surface area (Å²) in [5, 5.41) is 3.33. The maximum absolute atomic E-state index is 12.5. The van der Waals surface area contributed by atoms with Crippen LogP contribution in [-0.4, -0.2) is 27.5 Å². The molecule has 0 aliphatic carbocycles. The molecule has 106 valence electrons. The Balaban J connectivity index is 2.01. The van der Waals surface area contributed by atoms with Crippen molar-refractivity contribution in [2.75, 3.05) is 23.3 Å². The van der Waals surface area contributed by atoms with Crippen molar-refractivity contribution in [3.05, 3.63) is 11.9 Å². The lowest BCUT2D eigenvalue weighted by molar-refractivity contribution is -0.144. The second kappa shape index (κ2) is 5.85. The summed E-state index contributed by atoms with van der Waals surface area (Å²) in [4.78, 5) is 6.65. The highest BCUT2D eigenvalue weighted by Gasteiger charge is 2.35. The highest BCUT2D eigenvalue weighted by molar-refractivity contribution is 7.99. The zero-order valence-electron chi connectivity index (χ0n) is 10.2. The second-order valence-corrected chi connectivity index (χ2v) is 5.78. The Morgan fingerprint density at radius 3 is 2.79 bits per heavy atom. The molecule has 0 radical (unpaired) electrons. The van der Waals surface area contributed by atoms with Gasteiger partial charge in [-0.2, -0.15) is 24.9 Å². The molecule has 0 aromatic carbocycles. The van der Waals surface area contributed by atoms with E-state index in [0.29, 0.717) is 11.8 Å². The molecule has 2 rings (SSSR count). The van der Waals surface area contributed by atoms with Crippen molar-refractivity contribution >= 4 is 23.4 Å². The summed E-state index contributed by atoms with van der Waals surface area (Å²) in [5.74, 6) is -0.148. The third-order valence-electron chi connectivity index (χ3n) is 2.78. The first kappa shape index (κ1) is 14.2. The lowest BCUT2D eigenvalue weighted by atomic mass is 10.2. The molecule has 2 heterocycles. The molecule has 1 fully saturated rings. The Hall–Kier alpha value is -1.18. The van der Waals surface area contributed by atoms with Gasteiger partial charge in [-0.15, -0.1) is 0 Å². The van der Waals surface area contributed by atoms with E-state index in [4.69, 9.17) is 5.73 Å². The molecule has 1 unspecified atom stereocenters. The maximum atomic E-state index is 12.5. The largest absolute Gasteiger partial charge is 0.451 e. The Morgan fingerprint density at radius 1 is 1.37 bits per heavy atom. The quantitative estimate of drug-likeness (QED) is 0.897. The normalized spacial score (nSPS) is 20.3. The standard InChI is InChI=1S/C11H15F3N4S/c12-11(13,14)10-17-8(15)5-9(18-10)16-6-7-3-1-2-4-19-7/h5,7H,1-4,6H2,(H3,15,16,17,18). The molecule has 4 nitrogen and oxygen atoms in total. The lowest BCUT2D eigenvalue weighted by Gasteiger charge is -2.21. The lowest BCUT2D eigenvalue weighted by Crippen LogP contribution is -2.21. The van der Waals surface area contributed by atoms with Crippen LogP contribution in [0.5, 0.6) is 0 Å². The summed E-state index contributed by atoms with van der Waals surface area (Å²) >= 11 is 1.84. The minimum absolute atomic E-state index is 0.131. The number of nitrogens with two attached hydrogens (primary N) is 1. The van der Waals surface area contributed by atoms with Crippen molar-refractivity contribution < 1.29 is 13.2 Å². The predicted octanol–water partition coefficient (Wildman–Crippen LogP) is 2.78. The molecule has 1 saturated heterocycles. The van der Waals surface area contributed by atoms with Crippen LogP contribution in [0, 0.1) is 0 Å². The van der Waals surface area contributed by atoms with E-state index < -0.39 is 12.0 Å². The molecule has 19 heavy (non-hydrogen) atoms. The van der Waals surface area contributed by atoms with Crippen molar-refractivity contribution in [3.8, 4) is 0 Å². The molecule has 1 aliphatic heterocycles. The summed E-state index contributed by atoms with van der Waals surface area (Å²) in [7, 11) is 0. The molecule has 1 aromatic heterocycles. The van der Waals surface area contributed by atoms with Crippen molar-refractivity contribution in [2.24, 2.45) is 0 Å². The number of hydrogen-bond donors (Lipinski definition) is 2. The Kier molecular flexibility index (Phi) is 4.38. The minimum atomic E-state index is -4.58. The zero-order valence-corrected chi connectivity index (χ0v) is 11.0. The molecule has 3 N–H and O–H groups in total. The average Bonchev–Trinajstić information content (AvgIpc) is 2.36. The van der Waals surface area contributed by atoms with Crippen molar-refractivity contribution in [3.63, 3.8) is 0 Å². The number of nitrogen functional groups attached to an aromatic ring is 1. The Labute approximate surface area is 113 Å². The molecule has 0 bridgehead atoms. The van der Waals surface area contributed by atoms with Gasteiger partial charge in [0.1, 0.15) is 11.6 Å². The number of thioether (sulfide) groups is 1. The molecule has 8 heteroatoms. The minimum Gasteiger partial charge on any atom is -0.384 e. The highest BCUT2D eigenvalue weighted by atomic mass is 32.2. The monoisotopic (exact) mass is 292 g/mol. The number of nitrogens with one attached hydrogen (secondary N) is 1. The number of hydrogen-bond acceptors (Lipinski definition) is 5. The van der Waals surface area contributed by atoms with Gasteiger partial charge in [-0.25, -0.2) is 9.97 Å². The van der Waals surface area contributed by atoms with Crippen LogP contribution in [0.25, 0.3) is 0 Å². The van der Waals surface area contributed by atoms with E-state index in [2.05, 4.69) is 15.3 Å². The fourth-order valence-electron chi connectivity index (χ4n) is 1.87. The predicted molar refractivity (Wildman–Crippen MR) is 70.0 cm³/mol. The van der Waals surface area contributed by atoms with Gasteiger partial charge in [0.05, 0.1) is 0 Å². The first-order valence-electron chi connectivity index (χ1n) is 6.02. The van der Waals surface area contributed by atoms with Crippen LogP contribution in [0.4, 0.5) is 24.8 Å². The van der Waals surface area contributed by atoms with Gasteiger partial charge >= 0.3 is 6.18 Å².